The van der Waals surface area contributed by atoms with Crippen molar-refractivity contribution in [3.05, 3.63) is 71.9 Å². The van der Waals surface area contributed by atoms with Gasteiger partial charge in [-0.05, 0) is 36.4 Å². The largest absolute Gasteiger partial charge is 0.508 e. The van der Waals surface area contributed by atoms with Crippen LogP contribution in [0.3, 0.4) is 0 Å². The molecule has 8 heteroatoms. The second kappa shape index (κ2) is 6.99. The molecule has 138 valence electrons. The fourth-order valence-electron chi connectivity index (χ4n) is 3.17. The van der Waals surface area contributed by atoms with Gasteiger partial charge in [0.15, 0.2) is 0 Å². The Morgan fingerprint density at radius 1 is 1.26 bits per heavy atom. The molecule has 3 aromatic rings. The molecule has 1 aliphatic heterocycles. The zero-order chi connectivity index (χ0) is 18.8. The van der Waals surface area contributed by atoms with E-state index in [9.17, 15) is 14.7 Å². The second-order valence-corrected chi connectivity index (χ2v) is 6.32. The SMILES string of the molecule is O=C(NCc1ccco1)[C@H]1CN(C(=O)c2cccc(O)c2)Cc2ccnn21. The zero-order valence-corrected chi connectivity index (χ0v) is 14.4. The summed E-state index contributed by atoms with van der Waals surface area (Å²) in [5, 5.41) is 16.7. The summed E-state index contributed by atoms with van der Waals surface area (Å²) < 4.78 is 6.87. The van der Waals surface area contributed by atoms with Crippen LogP contribution >= 0.6 is 0 Å². The standard InChI is InChI=1S/C19H18N4O4/c24-15-4-1-3-13(9-15)19(26)22-11-14-6-7-21-23(14)17(12-22)18(25)20-10-16-5-2-8-27-16/h1-9,17,24H,10-12H2,(H,20,25)/t17-/m1/s1. The van der Waals surface area contributed by atoms with E-state index in [0.717, 1.165) is 5.69 Å². The number of hydrogen-bond donors (Lipinski definition) is 2. The number of aromatic hydroxyl groups is 1. The van der Waals surface area contributed by atoms with Crippen molar-refractivity contribution in [3.8, 4) is 5.75 Å². The van der Waals surface area contributed by atoms with E-state index >= 15 is 0 Å². The number of phenols is 1. The molecule has 1 aliphatic rings. The second-order valence-electron chi connectivity index (χ2n) is 6.32. The molecule has 3 heterocycles. The molecule has 0 saturated heterocycles. The molecule has 0 aliphatic carbocycles. The average molecular weight is 366 g/mol. The van der Waals surface area contributed by atoms with Gasteiger partial charge in [0.1, 0.15) is 17.6 Å². The molecule has 0 unspecified atom stereocenters. The average Bonchev–Trinajstić information content (AvgIpc) is 3.36. The number of carbonyl (C=O) groups excluding carboxylic acids is 2. The molecule has 27 heavy (non-hydrogen) atoms. The topological polar surface area (TPSA) is 101 Å². The summed E-state index contributed by atoms with van der Waals surface area (Å²) in [7, 11) is 0. The monoisotopic (exact) mass is 366 g/mol. The van der Waals surface area contributed by atoms with E-state index in [1.165, 1.54) is 12.1 Å². The minimum atomic E-state index is -0.639. The van der Waals surface area contributed by atoms with Gasteiger partial charge in [-0.2, -0.15) is 5.10 Å². The van der Waals surface area contributed by atoms with E-state index in [2.05, 4.69) is 10.4 Å². The minimum Gasteiger partial charge on any atom is -0.508 e. The number of carbonyl (C=O) groups is 2. The summed E-state index contributed by atoms with van der Waals surface area (Å²) in [6.07, 6.45) is 3.16. The number of benzene rings is 1. The summed E-state index contributed by atoms with van der Waals surface area (Å²) in [6.45, 7) is 0.795. The van der Waals surface area contributed by atoms with Gasteiger partial charge in [-0.25, -0.2) is 0 Å². The number of amides is 2. The molecular weight excluding hydrogens is 348 g/mol. The van der Waals surface area contributed by atoms with Crippen molar-refractivity contribution in [2.45, 2.75) is 19.1 Å². The van der Waals surface area contributed by atoms with Crippen LogP contribution in [0.4, 0.5) is 0 Å². The van der Waals surface area contributed by atoms with Crippen molar-refractivity contribution >= 4 is 11.8 Å². The first-order valence-electron chi connectivity index (χ1n) is 8.52. The third-order valence-corrected chi connectivity index (χ3v) is 4.49. The van der Waals surface area contributed by atoms with Gasteiger partial charge in [-0.1, -0.05) is 6.07 Å². The van der Waals surface area contributed by atoms with E-state index in [1.54, 1.807) is 52.4 Å². The first-order valence-corrected chi connectivity index (χ1v) is 8.52. The lowest BCUT2D eigenvalue weighted by Crippen LogP contribution is -2.47. The molecular formula is C19H18N4O4. The van der Waals surface area contributed by atoms with Crippen molar-refractivity contribution in [2.24, 2.45) is 0 Å². The molecule has 2 aromatic heterocycles. The van der Waals surface area contributed by atoms with Gasteiger partial charge in [-0.3, -0.25) is 14.3 Å². The van der Waals surface area contributed by atoms with Crippen LogP contribution < -0.4 is 5.32 Å². The van der Waals surface area contributed by atoms with E-state index in [0.29, 0.717) is 17.9 Å². The van der Waals surface area contributed by atoms with Crippen LogP contribution in [-0.2, 0) is 17.9 Å². The molecule has 8 nitrogen and oxygen atoms in total. The highest BCUT2D eigenvalue weighted by Gasteiger charge is 2.33. The molecule has 0 spiro atoms. The predicted molar refractivity (Wildman–Crippen MR) is 94.7 cm³/mol. The van der Waals surface area contributed by atoms with Gasteiger partial charge in [0.2, 0.25) is 5.91 Å². The Morgan fingerprint density at radius 2 is 2.15 bits per heavy atom. The zero-order valence-electron chi connectivity index (χ0n) is 14.4. The fraction of sp³-hybridized carbons (Fsp3) is 0.211. The van der Waals surface area contributed by atoms with Gasteiger partial charge in [0, 0.05) is 11.8 Å². The van der Waals surface area contributed by atoms with Gasteiger partial charge in [0.25, 0.3) is 5.91 Å². The van der Waals surface area contributed by atoms with E-state index in [-0.39, 0.29) is 30.7 Å². The van der Waals surface area contributed by atoms with Crippen molar-refractivity contribution in [1.82, 2.24) is 20.0 Å². The van der Waals surface area contributed by atoms with Crippen LogP contribution in [0.5, 0.6) is 5.75 Å². The Hall–Kier alpha value is -3.55. The molecule has 0 fully saturated rings. The highest BCUT2D eigenvalue weighted by atomic mass is 16.3. The number of nitrogens with zero attached hydrogens (tertiary/aromatic N) is 3. The number of rotatable bonds is 4. The molecule has 0 radical (unpaired) electrons. The smallest absolute Gasteiger partial charge is 0.254 e. The highest BCUT2D eigenvalue weighted by Crippen LogP contribution is 2.23. The highest BCUT2D eigenvalue weighted by molar-refractivity contribution is 5.95. The Bertz CT molecular complexity index is 964. The van der Waals surface area contributed by atoms with Crippen molar-refractivity contribution < 1.29 is 19.1 Å². The summed E-state index contributed by atoms with van der Waals surface area (Å²) in [4.78, 5) is 27.1. The summed E-state index contributed by atoms with van der Waals surface area (Å²) >= 11 is 0. The lowest BCUT2D eigenvalue weighted by molar-refractivity contribution is -0.125. The molecule has 1 atom stereocenters. The first kappa shape index (κ1) is 16.9. The van der Waals surface area contributed by atoms with E-state index < -0.39 is 6.04 Å². The van der Waals surface area contributed by atoms with Gasteiger partial charge >= 0.3 is 0 Å². The molecule has 4 rings (SSSR count). The maximum absolute atomic E-state index is 12.8. The first-order chi connectivity index (χ1) is 13.1. The lowest BCUT2D eigenvalue weighted by Gasteiger charge is -2.33. The molecule has 2 N–H and O–H groups in total. The third kappa shape index (κ3) is 3.41. The van der Waals surface area contributed by atoms with Crippen LogP contribution in [0.25, 0.3) is 0 Å². The van der Waals surface area contributed by atoms with E-state index in [1.807, 2.05) is 0 Å². The fourth-order valence-corrected chi connectivity index (χ4v) is 3.17. The summed E-state index contributed by atoms with van der Waals surface area (Å²) in [5.41, 5.74) is 1.14. The maximum Gasteiger partial charge on any atom is 0.254 e. The quantitative estimate of drug-likeness (QED) is 0.732. The Morgan fingerprint density at radius 3 is 2.93 bits per heavy atom. The van der Waals surface area contributed by atoms with Gasteiger partial charge in [0.05, 0.1) is 31.6 Å². The molecule has 0 saturated carbocycles. The molecule has 2 amide bonds. The minimum absolute atomic E-state index is 0.0237. The van der Waals surface area contributed by atoms with Crippen LogP contribution in [-0.4, -0.2) is 38.1 Å². The number of hydrogen-bond acceptors (Lipinski definition) is 5. The molecule has 0 bridgehead atoms. The number of nitrogens with one attached hydrogen (secondary N) is 1. The summed E-state index contributed by atoms with van der Waals surface area (Å²) in [6, 6.07) is 10.9. The molecule has 1 aromatic carbocycles. The van der Waals surface area contributed by atoms with Crippen LogP contribution in [0.1, 0.15) is 27.9 Å². The Labute approximate surface area is 155 Å². The van der Waals surface area contributed by atoms with Gasteiger partial charge < -0.3 is 19.7 Å². The number of furan rings is 1. The third-order valence-electron chi connectivity index (χ3n) is 4.49. The maximum atomic E-state index is 12.8. The predicted octanol–water partition coefficient (Wildman–Crippen LogP) is 1.70. The van der Waals surface area contributed by atoms with E-state index in [4.69, 9.17) is 4.42 Å². The lowest BCUT2D eigenvalue weighted by atomic mass is 10.1. The van der Waals surface area contributed by atoms with Crippen LogP contribution in [0.15, 0.2) is 59.3 Å². The number of phenolic OH excluding ortho intramolecular Hbond substituents is 1. The number of fused-ring (bicyclic) bond motifs is 1. The van der Waals surface area contributed by atoms with Crippen molar-refractivity contribution in [1.29, 1.82) is 0 Å². The van der Waals surface area contributed by atoms with Crippen LogP contribution in [0.2, 0.25) is 0 Å². The Kier molecular flexibility index (Phi) is 4.37. The Balaban J connectivity index is 1.53. The normalized spacial score (nSPS) is 16.0. The van der Waals surface area contributed by atoms with Crippen molar-refractivity contribution in [2.75, 3.05) is 6.54 Å². The van der Waals surface area contributed by atoms with Crippen molar-refractivity contribution in [3.63, 3.8) is 0 Å². The van der Waals surface area contributed by atoms with Crippen LogP contribution in [0, 0.1) is 0 Å². The summed E-state index contributed by atoms with van der Waals surface area (Å²) in [5.74, 6) is 0.176. The number of aromatic nitrogens is 2. The van der Waals surface area contributed by atoms with Gasteiger partial charge in [-0.15, -0.1) is 0 Å².